The summed E-state index contributed by atoms with van der Waals surface area (Å²) in [5, 5.41) is 2.92. The molecule has 5 rings (SSSR count). The van der Waals surface area contributed by atoms with E-state index in [0.29, 0.717) is 27.1 Å². The van der Waals surface area contributed by atoms with Crippen molar-refractivity contribution in [3.05, 3.63) is 142 Å². The van der Waals surface area contributed by atoms with Gasteiger partial charge in [0.15, 0.2) is 0 Å². The van der Waals surface area contributed by atoms with Crippen LogP contribution in [0.3, 0.4) is 0 Å². The second-order valence-electron chi connectivity index (χ2n) is 10.5. The molecule has 0 fully saturated rings. The second kappa shape index (κ2) is 15.5. The summed E-state index contributed by atoms with van der Waals surface area (Å²) in [5.74, 6) is 0.211. The van der Waals surface area contributed by atoms with Crippen LogP contribution in [0, 0.1) is 0 Å². The molecule has 1 unspecified atom stereocenters. The van der Waals surface area contributed by atoms with Gasteiger partial charge in [0.05, 0.1) is 25.1 Å². The minimum atomic E-state index is -4.80. The maximum Gasteiger partial charge on any atom is 0.573 e. The van der Waals surface area contributed by atoms with Crippen LogP contribution >= 0.6 is 15.9 Å². The number of amides is 1. The standard InChI is InChI=1S/C37H29BrF3NO6/c1-45-35(43)22-32(26-15-13-25(14-16-26)30-9-5-6-10-34(30)47-28-7-3-2-4-8-28)42-36(44)31-21-27(38)17-20-33(31)46-23-24-11-18-29(19-12-24)48-37(39,40)41/h2-21,32H,22-23H2,1H3,(H,42,44). The minimum Gasteiger partial charge on any atom is -0.488 e. The van der Waals surface area contributed by atoms with Crippen molar-refractivity contribution >= 4 is 27.8 Å². The Labute approximate surface area is 283 Å². The number of rotatable bonds is 12. The Kier molecular flexibility index (Phi) is 11.0. The highest BCUT2D eigenvalue weighted by molar-refractivity contribution is 9.10. The van der Waals surface area contributed by atoms with Crippen molar-refractivity contribution in [2.45, 2.75) is 25.4 Å². The monoisotopic (exact) mass is 719 g/mol. The molecule has 0 heterocycles. The number of methoxy groups -OCH3 is 1. The van der Waals surface area contributed by atoms with E-state index in [1.54, 1.807) is 18.2 Å². The average molecular weight is 721 g/mol. The normalized spacial score (nSPS) is 11.7. The third kappa shape index (κ3) is 9.38. The van der Waals surface area contributed by atoms with Crippen LogP contribution in [-0.2, 0) is 16.1 Å². The third-order valence-electron chi connectivity index (χ3n) is 7.12. The van der Waals surface area contributed by atoms with Gasteiger partial charge in [-0.25, -0.2) is 0 Å². The van der Waals surface area contributed by atoms with Gasteiger partial charge >= 0.3 is 12.3 Å². The van der Waals surface area contributed by atoms with Crippen molar-refractivity contribution in [2.24, 2.45) is 0 Å². The Bertz CT molecular complexity index is 1850. The Balaban J connectivity index is 1.33. The van der Waals surface area contributed by atoms with E-state index < -0.39 is 24.3 Å². The van der Waals surface area contributed by atoms with Gasteiger partial charge in [-0.2, -0.15) is 0 Å². The van der Waals surface area contributed by atoms with E-state index in [2.05, 4.69) is 26.0 Å². The molecule has 246 valence electrons. The lowest BCUT2D eigenvalue weighted by atomic mass is 9.98. The topological polar surface area (TPSA) is 83.1 Å². The number of para-hydroxylation sites is 2. The molecule has 0 aliphatic heterocycles. The summed E-state index contributed by atoms with van der Waals surface area (Å²) in [6.45, 7) is -0.0310. The summed E-state index contributed by atoms with van der Waals surface area (Å²) in [7, 11) is 1.27. The molecule has 0 aliphatic carbocycles. The predicted octanol–water partition coefficient (Wildman–Crippen LogP) is 9.42. The van der Waals surface area contributed by atoms with Gasteiger partial charge in [-0.05, 0) is 65.2 Å². The molecule has 48 heavy (non-hydrogen) atoms. The quantitative estimate of drug-likeness (QED) is 0.129. The van der Waals surface area contributed by atoms with E-state index in [1.165, 1.54) is 31.4 Å². The zero-order valence-corrected chi connectivity index (χ0v) is 27.1. The molecular weight excluding hydrogens is 691 g/mol. The highest BCUT2D eigenvalue weighted by atomic mass is 79.9. The van der Waals surface area contributed by atoms with Crippen molar-refractivity contribution < 1.29 is 41.7 Å². The summed E-state index contributed by atoms with van der Waals surface area (Å²) in [6, 6.07) is 33.8. The van der Waals surface area contributed by atoms with Crippen molar-refractivity contribution in [1.29, 1.82) is 0 Å². The summed E-state index contributed by atoms with van der Waals surface area (Å²) < 4.78 is 59.0. The molecule has 0 aromatic heterocycles. The molecule has 5 aromatic carbocycles. The van der Waals surface area contributed by atoms with Crippen molar-refractivity contribution in [3.8, 4) is 34.1 Å². The molecule has 7 nitrogen and oxygen atoms in total. The summed E-state index contributed by atoms with van der Waals surface area (Å²) in [5.41, 5.74) is 3.13. The Morgan fingerprint density at radius 2 is 1.48 bits per heavy atom. The van der Waals surface area contributed by atoms with Crippen LogP contribution in [0.4, 0.5) is 13.2 Å². The molecule has 0 aliphatic rings. The molecule has 0 saturated heterocycles. The van der Waals surface area contributed by atoms with Crippen LogP contribution in [0.25, 0.3) is 11.1 Å². The molecule has 1 amide bonds. The lowest BCUT2D eigenvalue weighted by Gasteiger charge is -2.20. The van der Waals surface area contributed by atoms with E-state index >= 15 is 0 Å². The van der Waals surface area contributed by atoms with Gasteiger partial charge < -0.3 is 24.3 Å². The van der Waals surface area contributed by atoms with Gasteiger partial charge in [-0.1, -0.05) is 88.7 Å². The fourth-order valence-corrected chi connectivity index (χ4v) is 5.16. The van der Waals surface area contributed by atoms with E-state index in [4.69, 9.17) is 14.2 Å². The number of carbonyl (C=O) groups excluding carboxylic acids is 2. The fourth-order valence-electron chi connectivity index (χ4n) is 4.80. The maximum atomic E-state index is 13.7. The SMILES string of the molecule is COC(=O)CC(NC(=O)c1cc(Br)ccc1OCc1ccc(OC(F)(F)F)cc1)c1ccc(-c2ccccc2Oc2ccccc2)cc1. The Morgan fingerprint density at radius 3 is 2.17 bits per heavy atom. The fraction of sp³-hybridized carbons (Fsp3) is 0.135. The Hall–Kier alpha value is -5.29. The summed E-state index contributed by atoms with van der Waals surface area (Å²) in [4.78, 5) is 26.1. The van der Waals surface area contributed by atoms with E-state index in [1.807, 2.05) is 78.9 Å². The van der Waals surface area contributed by atoms with Gasteiger partial charge in [-0.3, -0.25) is 9.59 Å². The number of ether oxygens (including phenoxy) is 4. The minimum absolute atomic E-state index is 0.0310. The molecule has 0 spiro atoms. The van der Waals surface area contributed by atoms with Crippen LogP contribution in [-0.4, -0.2) is 25.3 Å². The third-order valence-corrected chi connectivity index (χ3v) is 7.62. The number of hydrogen-bond donors (Lipinski definition) is 1. The van der Waals surface area contributed by atoms with E-state index in [-0.39, 0.29) is 30.1 Å². The molecule has 1 N–H and O–H groups in total. The first-order chi connectivity index (χ1) is 23.1. The van der Waals surface area contributed by atoms with Crippen LogP contribution in [0.2, 0.25) is 0 Å². The number of carbonyl (C=O) groups is 2. The predicted molar refractivity (Wildman–Crippen MR) is 177 cm³/mol. The summed E-state index contributed by atoms with van der Waals surface area (Å²) in [6.07, 6.45) is -4.93. The van der Waals surface area contributed by atoms with E-state index in [0.717, 1.165) is 11.1 Å². The molecule has 0 bridgehead atoms. The van der Waals surface area contributed by atoms with Crippen molar-refractivity contribution in [2.75, 3.05) is 7.11 Å². The van der Waals surface area contributed by atoms with Gasteiger partial charge in [0.1, 0.15) is 29.6 Å². The first kappa shape index (κ1) is 34.1. The molecule has 0 saturated carbocycles. The molecule has 5 aromatic rings. The maximum absolute atomic E-state index is 13.7. The number of nitrogens with one attached hydrogen (secondary N) is 1. The number of hydrogen-bond acceptors (Lipinski definition) is 6. The molecule has 0 radical (unpaired) electrons. The number of alkyl halides is 3. The largest absolute Gasteiger partial charge is 0.573 e. The van der Waals surface area contributed by atoms with Gasteiger partial charge in [0.25, 0.3) is 5.91 Å². The smallest absolute Gasteiger partial charge is 0.488 e. The summed E-state index contributed by atoms with van der Waals surface area (Å²) >= 11 is 3.39. The number of benzene rings is 5. The zero-order chi connectivity index (χ0) is 34.1. The van der Waals surface area contributed by atoms with Gasteiger partial charge in [-0.15, -0.1) is 13.2 Å². The van der Waals surface area contributed by atoms with Crippen LogP contribution in [0.15, 0.2) is 126 Å². The van der Waals surface area contributed by atoms with Crippen LogP contribution in [0.1, 0.15) is 33.9 Å². The molecule has 1 atom stereocenters. The Morgan fingerprint density at radius 1 is 0.792 bits per heavy atom. The van der Waals surface area contributed by atoms with Crippen LogP contribution in [0.5, 0.6) is 23.0 Å². The van der Waals surface area contributed by atoms with Gasteiger partial charge in [0.2, 0.25) is 0 Å². The van der Waals surface area contributed by atoms with E-state index in [9.17, 15) is 22.8 Å². The first-order valence-electron chi connectivity index (χ1n) is 14.6. The molecule has 11 heteroatoms. The van der Waals surface area contributed by atoms with Crippen molar-refractivity contribution in [3.63, 3.8) is 0 Å². The average Bonchev–Trinajstić information content (AvgIpc) is 3.08. The van der Waals surface area contributed by atoms with Crippen molar-refractivity contribution in [1.82, 2.24) is 5.32 Å². The highest BCUT2D eigenvalue weighted by Gasteiger charge is 2.31. The van der Waals surface area contributed by atoms with Gasteiger partial charge in [0, 0.05) is 10.0 Å². The molecular formula is C37H29BrF3NO6. The highest BCUT2D eigenvalue weighted by Crippen LogP contribution is 2.34. The number of halogens is 4. The lowest BCUT2D eigenvalue weighted by Crippen LogP contribution is -2.31. The number of esters is 1. The van der Waals surface area contributed by atoms with Crippen LogP contribution < -0.4 is 19.5 Å². The second-order valence-corrected chi connectivity index (χ2v) is 11.4. The zero-order valence-electron chi connectivity index (χ0n) is 25.5. The lowest BCUT2D eigenvalue weighted by molar-refractivity contribution is -0.274. The first-order valence-corrected chi connectivity index (χ1v) is 15.4.